The largest absolute Gasteiger partial charge is 0.472 e. The number of aryl methyl sites for hydroxylation is 1. The van der Waals surface area contributed by atoms with Crippen LogP contribution in [0, 0.1) is 6.92 Å². The Morgan fingerprint density at radius 1 is 1.37 bits per heavy atom. The van der Waals surface area contributed by atoms with Gasteiger partial charge in [0.2, 0.25) is 0 Å². The molecule has 1 aromatic carbocycles. The number of alkyl halides is 1. The molecule has 0 fully saturated rings. The second-order valence-electron chi connectivity index (χ2n) is 4.80. The van der Waals surface area contributed by atoms with E-state index in [0.717, 1.165) is 29.0 Å². The Labute approximate surface area is 116 Å². The number of rotatable bonds is 3. The Hall–Kier alpha value is -1.74. The van der Waals surface area contributed by atoms with Crippen LogP contribution < -0.4 is 0 Å². The zero-order valence-corrected chi connectivity index (χ0v) is 11.7. The van der Waals surface area contributed by atoms with Crippen LogP contribution in [0.15, 0.2) is 41.2 Å². The zero-order chi connectivity index (χ0) is 13.4. The van der Waals surface area contributed by atoms with E-state index in [1.807, 2.05) is 13.0 Å². The number of imidazole rings is 1. The van der Waals surface area contributed by atoms with E-state index in [0.29, 0.717) is 0 Å². The summed E-state index contributed by atoms with van der Waals surface area (Å²) in [6.07, 6.45) is 3.44. The average molecular weight is 275 g/mol. The van der Waals surface area contributed by atoms with Crippen LogP contribution in [0.25, 0.3) is 11.0 Å². The standard InChI is InChI=1S/C15H15ClN2O/c1-10-3-4-14-13(7-10)17-15(11(2)16)18(14)8-12-5-6-19-9-12/h3-7,9,11H,8H2,1-2H3. The molecule has 0 aliphatic heterocycles. The number of nitrogens with zero attached hydrogens (tertiary/aromatic N) is 2. The summed E-state index contributed by atoms with van der Waals surface area (Å²) in [4.78, 5) is 4.65. The van der Waals surface area contributed by atoms with E-state index in [2.05, 4.69) is 34.7 Å². The van der Waals surface area contributed by atoms with Gasteiger partial charge in [-0.15, -0.1) is 11.6 Å². The summed E-state index contributed by atoms with van der Waals surface area (Å²) in [5.41, 5.74) is 4.41. The van der Waals surface area contributed by atoms with E-state index in [1.165, 1.54) is 5.56 Å². The maximum atomic E-state index is 6.25. The molecule has 0 amide bonds. The van der Waals surface area contributed by atoms with E-state index in [4.69, 9.17) is 16.0 Å². The molecule has 2 heterocycles. The van der Waals surface area contributed by atoms with Crippen molar-refractivity contribution in [3.63, 3.8) is 0 Å². The number of hydrogen-bond acceptors (Lipinski definition) is 2. The lowest BCUT2D eigenvalue weighted by atomic mass is 10.2. The third-order valence-electron chi connectivity index (χ3n) is 3.21. The Kier molecular flexibility index (Phi) is 3.07. The summed E-state index contributed by atoms with van der Waals surface area (Å²) in [6, 6.07) is 8.24. The Morgan fingerprint density at radius 3 is 2.89 bits per heavy atom. The van der Waals surface area contributed by atoms with Crippen molar-refractivity contribution in [3.05, 3.63) is 53.7 Å². The van der Waals surface area contributed by atoms with Crippen LogP contribution in [0.5, 0.6) is 0 Å². The second kappa shape index (κ2) is 4.74. The maximum Gasteiger partial charge on any atom is 0.128 e. The fourth-order valence-electron chi connectivity index (χ4n) is 2.29. The fraction of sp³-hybridized carbons (Fsp3) is 0.267. The number of furan rings is 1. The van der Waals surface area contributed by atoms with E-state index in [1.54, 1.807) is 12.5 Å². The Bertz CT molecular complexity index is 698. The molecule has 4 heteroatoms. The molecule has 0 saturated heterocycles. The van der Waals surface area contributed by atoms with E-state index >= 15 is 0 Å². The molecule has 0 bridgehead atoms. The molecule has 0 spiro atoms. The lowest BCUT2D eigenvalue weighted by Crippen LogP contribution is -2.05. The second-order valence-corrected chi connectivity index (χ2v) is 5.45. The molecule has 2 aromatic heterocycles. The van der Waals surface area contributed by atoms with Crippen molar-refractivity contribution in [2.24, 2.45) is 0 Å². The van der Waals surface area contributed by atoms with Gasteiger partial charge in [0, 0.05) is 5.56 Å². The minimum Gasteiger partial charge on any atom is -0.472 e. The number of fused-ring (bicyclic) bond motifs is 1. The van der Waals surface area contributed by atoms with E-state index in [-0.39, 0.29) is 5.38 Å². The lowest BCUT2D eigenvalue weighted by molar-refractivity contribution is 0.562. The van der Waals surface area contributed by atoms with Gasteiger partial charge < -0.3 is 8.98 Å². The first-order valence-corrected chi connectivity index (χ1v) is 6.71. The first-order chi connectivity index (χ1) is 9.15. The third kappa shape index (κ3) is 2.26. The van der Waals surface area contributed by atoms with Gasteiger partial charge in [-0.05, 0) is 37.6 Å². The highest BCUT2D eigenvalue weighted by Gasteiger charge is 2.15. The molecule has 19 heavy (non-hydrogen) atoms. The maximum absolute atomic E-state index is 6.25. The minimum absolute atomic E-state index is 0.125. The molecular formula is C15H15ClN2O. The summed E-state index contributed by atoms with van der Waals surface area (Å²) >= 11 is 6.25. The van der Waals surface area contributed by atoms with E-state index in [9.17, 15) is 0 Å². The Balaban J connectivity index is 2.16. The van der Waals surface area contributed by atoms with Crippen LogP contribution in [0.2, 0.25) is 0 Å². The monoisotopic (exact) mass is 274 g/mol. The van der Waals surface area contributed by atoms with Crippen LogP contribution in [-0.2, 0) is 6.54 Å². The molecule has 1 atom stereocenters. The average Bonchev–Trinajstić information content (AvgIpc) is 2.97. The van der Waals surface area contributed by atoms with Gasteiger partial charge in [0.25, 0.3) is 0 Å². The summed E-state index contributed by atoms with van der Waals surface area (Å²) in [6.45, 7) is 4.74. The summed E-state index contributed by atoms with van der Waals surface area (Å²) in [5.74, 6) is 0.892. The van der Waals surface area contributed by atoms with Gasteiger partial charge >= 0.3 is 0 Å². The topological polar surface area (TPSA) is 31.0 Å². The zero-order valence-electron chi connectivity index (χ0n) is 10.9. The van der Waals surface area contributed by atoms with Crippen LogP contribution in [0.3, 0.4) is 0 Å². The van der Waals surface area contributed by atoms with Gasteiger partial charge in [0.15, 0.2) is 0 Å². The highest BCUT2D eigenvalue weighted by Crippen LogP contribution is 2.26. The van der Waals surface area contributed by atoms with Crippen molar-refractivity contribution in [1.29, 1.82) is 0 Å². The first-order valence-electron chi connectivity index (χ1n) is 6.27. The van der Waals surface area contributed by atoms with Crippen LogP contribution in [-0.4, -0.2) is 9.55 Å². The third-order valence-corrected chi connectivity index (χ3v) is 3.41. The van der Waals surface area contributed by atoms with Crippen molar-refractivity contribution < 1.29 is 4.42 Å². The van der Waals surface area contributed by atoms with Gasteiger partial charge in [-0.25, -0.2) is 4.98 Å². The van der Waals surface area contributed by atoms with Crippen molar-refractivity contribution >= 4 is 22.6 Å². The van der Waals surface area contributed by atoms with Crippen molar-refractivity contribution in [2.75, 3.05) is 0 Å². The molecule has 0 aliphatic rings. The van der Waals surface area contributed by atoms with Gasteiger partial charge in [-0.1, -0.05) is 6.07 Å². The van der Waals surface area contributed by atoms with E-state index < -0.39 is 0 Å². The molecule has 3 rings (SSSR count). The number of benzene rings is 1. The number of hydrogen-bond donors (Lipinski definition) is 0. The van der Waals surface area contributed by atoms with Gasteiger partial charge in [0.05, 0.1) is 35.5 Å². The fourth-order valence-corrected chi connectivity index (χ4v) is 2.46. The van der Waals surface area contributed by atoms with Crippen LogP contribution in [0.4, 0.5) is 0 Å². The minimum atomic E-state index is -0.125. The first kappa shape index (κ1) is 12.3. The molecule has 0 N–H and O–H groups in total. The van der Waals surface area contributed by atoms with Crippen molar-refractivity contribution in [2.45, 2.75) is 25.8 Å². The van der Waals surface area contributed by atoms with Crippen LogP contribution >= 0.6 is 11.6 Å². The molecular weight excluding hydrogens is 260 g/mol. The molecule has 1 unspecified atom stereocenters. The molecule has 3 aromatic rings. The predicted molar refractivity (Wildman–Crippen MR) is 76.5 cm³/mol. The highest BCUT2D eigenvalue weighted by atomic mass is 35.5. The van der Waals surface area contributed by atoms with Gasteiger partial charge in [0.1, 0.15) is 5.82 Å². The smallest absolute Gasteiger partial charge is 0.128 e. The van der Waals surface area contributed by atoms with Crippen molar-refractivity contribution in [1.82, 2.24) is 9.55 Å². The SMILES string of the molecule is Cc1ccc2c(c1)nc(C(C)Cl)n2Cc1ccoc1. The quantitative estimate of drug-likeness (QED) is 0.667. The molecule has 0 radical (unpaired) electrons. The number of halogens is 1. The molecule has 98 valence electrons. The highest BCUT2D eigenvalue weighted by molar-refractivity contribution is 6.20. The molecule has 0 aliphatic carbocycles. The summed E-state index contributed by atoms with van der Waals surface area (Å²) < 4.78 is 7.28. The van der Waals surface area contributed by atoms with Crippen molar-refractivity contribution in [3.8, 4) is 0 Å². The molecule has 3 nitrogen and oxygen atoms in total. The van der Waals surface area contributed by atoms with Crippen LogP contribution in [0.1, 0.15) is 29.3 Å². The number of aromatic nitrogens is 2. The van der Waals surface area contributed by atoms with Gasteiger partial charge in [-0.2, -0.15) is 0 Å². The summed E-state index contributed by atoms with van der Waals surface area (Å²) in [7, 11) is 0. The summed E-state index contributed by atoms with van der Waals surface area (Å²) in [5, 5.41) is -0.125. The Morgan fingerprint density at radius 2 is 2.21 bits per heavy atom. The predicted octanol–water partition coefficient (Wildman–Crippen LogP) is 4.29. The van der Waals surface area contributed by atoms with Gasteiger partial charge in [-0.3, -0.25) is 0 Å². The lowest BCUT2D eigenvalue weighted by Gasteiger charge is -2.09. The normalized spacial score (nSPS) is 13.0. The molecule has 0 saturated carbocycles.